The van der Waals surface area contributed by atoms with Gasteiger partial charge in [-0.3, -0.25) is 9.69 Å². The molecular formula is C24H23F3N4O2. The average molecular weight is 456 g/mol. The molecule has 1 aliphatic rings. The van der Waals surface area contributed by atoms with Gasteiger partial charge in [0.25, 0.3) is 0 Å². The Hall–Kier alpha value is -3.46. The first kappa shape index (κ1) is 22.7. The second-order valence-corrected chi connectivity index (χ2v) is 7.94. The minimum Gasteiger partial charge on any atom is -0.338 e. The first-order chi connectivity index (χ1) is 15.8. The Labute approximate surface area is 189 Å². The Morgan fingerprint density at radius 3 is 2.58 bits per heavy atom. The number of halogens is 3. The van der Waals surface area contributed by atoms with Crippen molar-refractivity contribution < 1.29 is 22.5 Å². The lowest BCUT2D eigenvalue weighted by Crippen LogP contribution is -2.47. The molecule has 1 aromatic heterocycles. The van der Waals surface area contributed by atoms with Crippen LogP contribution >= 0.6 is 0 Å². The van der Waals surface area contributed by atoms with Crippen molar-refractivity contribution in [2.75, 3.05) is 26.2 Å². The van der Waals surface area contributed by atoms with Gasteiger partial charge in [-0.05, 0) is 30.7 Å². The van der Waals surface area contributed by atoms with Gasteiger partial charge in [-0.25, -0.2) is 0 Å². The Morgan fingerprint density at radius 2 is 1.85 bits per heavy atom. The molecule has 1 amide bonds. The summed E-state index contributed by atoms with van der Waals surface area (Å²) in [7, 11) is 0. The van der Waals surface area contributed by atoms with Gasteiger partial charge in [0.2, 0.25) is 17.6 Å². The number of aryl methyl sites for hydroxylation is 1. The molecule has 0 aliphatic carbocycles. The molecule has 3 aromatic rings. The van der Waals surface area contributed by atoms with Crippen molar-refractivity contribution in [2.45, 2.75) is 19.6 Å². The van der Waals surface area contributed by atoms with Crippen LogP contribution < -0.4 is 0 Å². The molecule has 6 nitrogen and oxygen atoms in total. The third-order valence-corrected chi connectivity index (χ3v) is 5.42. The number of piperazine rings is 1. The zero-order valence-corrected chi connectivity index (χ0v) is 18.0. The highest BCUT2D eigenvalue weighted by molar-refractivity contribution is 5.91. The first-order valence-electron chi connectivity index (χ1n) is 10.5. The average Bonchev–Trinajstić information content (AvgIpc) is 3.26. The number of alkyl halides is 3. The van der Waals surface area contributed by atoms with Crippen LogP contribution in [-0.4, -0.2) is 52.0 Å². The van der Waals surface area contributed by atoms with Gasteiger partial charge in [0, 0.05) is 37.8 Å². The lowest BCUT2D eigenvalue weighted by Gasteiger charge is -2.33. The van der Waals surface area contributed by atoms with Crippen LogP contribution in [0.4, 0.5) is 13.2 Å². The Bertz CT molecular complexity index is 1150. The van der Waals surface area contributed by atoms with E-state index in [1.54, 1.807) is 11.0 Å². The molecule has 9 heteroatoms. The van der Waals surface area contributed by atoms with E-state index in [0.29, 0.717) is 38.6 Å². The summed E-state index contributed by atoms with van der Waals surface area (Å²) in [6, 6.07) is 12.8. The van der Waals surface area contributed by atoms with E-state index in [9.17, 15) is 18.0 Å². The van der Waals surface area contributed by atoms with Gasteiger partial charge in [0.05, 0.1) is 12.1 Å². The van der Waals surface area contributed by atoms with Gasteiger partial charge in [0.1, 0.15) is 0 Å². The summed E-state index contributed by atoms with van der Waals surface area (Å²) in [6.07, 6.45) is -1.03. The summed E-state index contributed by atoms with van der Waals surface area (Å²) in [6.45, 7) is 4.76. The van der Waals surface area contributed by atoms with Crippen LogP contribution in [0.3, 0.4) is 0 Å². The minimum atomic E-state index is -4.44. The van der Waals surface area contributed by atoms with Crippen molar-refractivity contribution in [3.05, 3.63) is 77.2 Å². The fourth-order valence-electron chi connectivity index (χ4n) is 3.64. The number of aromatic nitrogens is 2. The van der Waals surface area contributed by atoms with Gasteiger partial charge in [0.15, 0.2) is 0 Å². The number of carbonyl (C=O) groups excluding carboxylic acids is 1. The molecule has 0 unspecified atom stereocenters. The van der Waals surface area contributed by atoms with Crippen LogP contribution in [0.1, 0.15) is 22.6 Å². The highest BCUT2D eigenvalue weighted by Gasteiger charge is 2.31. The molecule has 2 aromatic carbocycles. The smallest absolute Gasteiger partial charge is 0.338 e. The van der Waals surface area contributed by atoms with Crippen molar-refractivity contribution in [1.82, 2.24) is 19.9 Å². The first-order valence-corrected chi connectivity index (χ1v) is 10.5. The quantitative estimate of drug-likeness (QED) is 0.532. The number of benzene rings is 2. The normalized spacial score (nSPS) is 15.3. The summed E-state index contributed by atoms with van der Waals surface area (Å²) >= 11 is 0. The summed E-state index contributed by atoms with van der Waals surface area (Å²) in [5, 5.41) is 3.82. The SMILES string of the molecule is Cc1cccc(/C=C/C(=O)N2CCN(Cc3nc(-c4cccc(C(F)(F)F)c4)no3)CC2)c1. The number of carbonyl (C=O) groups is 1. The fraction of sp³-hybridized carbons (Fsp3) is 0.292. The number of rotatable bonds is 5. The van der Waals surface area contributed by atoms with E-state index >= 15 is 0 Å². The van der Waals surface area contributed by atoms with Crippen molar-refractivity contribution in [2.24, 2.45) is 0 Å². The Kier molecular flexibility index (Phi) is 6.60. The lowest BCUT2D eigenvalue weighted by molar-refractivity contribution is -0.137. The monoisotopic (exact) mass is 456 g/mol. The molecule has 0 atom stereocenters. The second kappa shape index (κ2) is 9.58. The van der Waals surface area contributed by atoms with Crippen LogP contribution in [0, 0.1) is 6.92 Å². The van der Waals surface area contributed by atoms with Crippen molar-refractivity contribution in [3.63, 3.8) is 0 Å². The lowest BCUT2D eigenvalue weighted by atomic mass is 10.1. The number of hydrogen-bond acceptors (Lipinski definition) is 5. The molecule has 1 aliphatic heterocycles. The van der Waals surface area contributed by atoms with E-state index in [1.807, 2.05) is 37.3 Å². The summed E-state index contributed by atoms with van der Waals surface area (Å²) in [5.74, 6) is 0.397. The largest absolute Gasteiger partial charge is 0.416 e. The molecular weight excluding hydrogens is 433 g/mol. The maximum absolute atomic E-state index is 12.9. The van der Waals surface area contributed by atoms with E-state index in [2.05, 4.69) is 15.0 Å². The topological polar surface area (TPSA) is 62.5 Å². The predicted molar refractivity (Wildman–Crippen MR) is 117 cm³/mol. The second-order valence-electron chi connectivity index (χ2n) is 7.94. The van der Waals surface area contributed by atoms with Gasteiger partial charge < -0.3 is 9.42 Å². The molecule has 0 spiro atoms. The molecule has 0 radical (unpaired) electrons. The van der Waals surface area contributed by atoms with Gasteiger partial charge in [-0.2, -0.15) is 18.2 Å². The Morgan fingerprint density at radius 1 is 1.09 bits per heavy atom. The highest BCUT2D eigenvalue weighted by Crippen LogP contribution is 2.31. The van der Waals surface area contributed by atoms with Crippen LogP contribution in [0.15, 0.2) is 59.1 Å². The van der Waals surface area contributed by atoms with Gasteiger partial charge >= 0.3 is 6.18 Å². The van der Waals surface area contributed by atoms with Crippen LogP contribution in [0.25, 0.3) is 17.5 Å². The van der Waals surface area contributed by atoms with Gasteiger partial charge in [-0.1, -0.05) is 47.1 Å². The van der Waals surface area contributed by atoms with Crippen LogP contribution in [0.5, 0.6) is 0 Å². The highest BCUT2D eigenvalue weighted by atomic mass is 19.4. The van der Waals surface area contributed by atoms with Crippen LogP contribution in [-0.2, 0) is 17.5 Å². The molecule has 1 fully saturated rings. The summed E-state index contributed by atoms with van der Waals surface area (Å²) < 4.78 is 44.0. The molecule has 0 saturated carbocycles. The number of hydrogen-bond donors (Lipinski definition) is 0. The maximum atomic E-state index is 12.9. The summed E-state index contributed by atoms with van der Waals surface area (Å²) in [5.41, 5.74) is 1.60. The van der Waals surface area contributed by atoms with Crippen molar-refractivity contribution in [3.8, 4) is 11.4 Å². The molecule has 0 bridgehead atoms. The predicted octanol–water partition coefficient (Wildman–Crippen LogP) is 4.42. The zero-order valence-electron chi connectivity index (χ0n) is 18.0. The molecule has 1 saturated heterocycles. The van der Waals surface area contributed by atoms with E-state index in [4.69, 9.17) is 4.52 Å². The van der Waals surface area contributed by atoms with Gasteiger partial charge in [-0.15, -0.1) is 0 Å². The zero-order chi connectivity index (χ0) is 23.4. The van der Waals surface area contributed by atoms with Crippen molar-refractivity contribution in [1.29, 1.82) is 0 Å². The number of nitrogens with zero attached hydrogens (tertiary/aromatic N) is 4. The minimum absolute atomic E-state index is 0.0409. The molecule has 172 valence electrons. The molecule has 2 heterocycles. The third kappa shape index (κ3) is 5.87. The van der Waals surface area contributed by atoms with E-state index in [-0.39, 0.29) is 17.3 Å². The Balaban J connectivity index is 1.31. The molecule has 0 N–H and O–H groups in total. The maximum Gasteiger partial charge on any atom is 0.416 e. The fourth-order valence-corrected chi connectivity index (χ4v) is 3.64. The van der Waals surface area contributed by atoms with E-state index < -0.39 is 11.7 Å². The molecule has 33 heavy (non-hydrogen) atoms. The number of amides is 1. The van der Waals surface area contributed by atoms with Crippen molar-refractivity contribution >= 4 is 12.0 Å². The summed E-state index contributed by atoms with van der Waals surface area (Å²) in [4.78, 5) is 20.6. The van der Waals surface area contributed by atoms with E-state index in [0.717, 1.165) is 23.3 Å². The standard InChI is InChI=1S/C24H23F3N4O2/c1-17-4-2-5-18(14-17)8-9-22(32)31-12-10-30(11-13-31)16-21-28-23(29-33-21)19-6-3-7-20(15-19)24(25,26)27/h2-9,14-15H,10-13,16H2,1H3/b9-8+. The van der Waals surface area contributed by atoms with Crippen LogP contribution in [0.2, 0.25) is 0 Å². The molecule has 4 rings (SSSR count). The third-order valence-electron chi connectivity index (χ3n) is 5.42. The van der Waals surface area contributed by atoms with E-state index in [1.165, 1.54) is 12.1 Å².